The van der Waals surface area contributed by atoms with Gasteiger partial charge in [-0.3, -0.25) is 9.69 Å². The molecule has 4 nitrogen and oxygen atoms in total. The largest absolute Gasteiger partial charge is 0.361 e. The second-order valence-electron chi connectivity index (χ2n) is 6.44. The second kappa shape index (κ2) is 6.97. The number of hydrogen-bond acceptors (Lipinski definition) is 2. The molecule has 0 unspecified atom stereocenters. The van der Waals surface area contributed by atoms with Crippen molar-refractivity contribution in [2.45, 2.75) is 26.2 Å². The Balaban J connectivity index is 1.45. The van der Waals surface area contributed by atoms with E-state index in [2.05, 4.69) is 40.3 Å². The topological polar surface area (TPSA) is 48.1 Å². The Hall–Kier alpha value is -1.81. The molecule has 1 aliphatic heterocycles. The monoisotopic (exact) mass is 299 g/mol. The van der Waals surface area contributed by atoms with Crippen molar-refractivity contribution in [1.29, 1.82) is 0 Å². The third-order valence-electron chi connectivity index (χ3n) is 4.50. The number of piperidine rings is 1. The van der Waals surface area contributed by atoms with Crippen molar-refractivity contribution >= 4 is 16.8 Å². The summed E-state index contributed by atoms with van der Waals surface area (Å²) in [4.78, 5) is 17.6. The molecule has 1 fully saturated rings. The molecule has 0 saturated carbocycles. The summed E-state index contributed by atoms with van der Waals surface area (Å²) in [5.74, 6) is 0.863. The molecule has 118 valence electrons. The molecule has 3 rings (SSSR count). The van der Waals surface area contributed by atoms with Crippen molar-refractivity contribution in [3.05, 3.63) is 36.0 Å². The molecule has 1 aromatic heterocycles. The molecule has 0 aliphatic carbocycles. The predicted molar refractivity (Wildman–Crippen MR) is 89.9 cm³/mol. The highest BCUT2D eigenvalue weighted by Crippen LogP contribution is 2.17. The summed E-state index contributed by atoms with van der Waals surface area (Å²) in [5, 5.41) is 4.30. The van der Waals surface area contributed by atoms with E-state index in [1.165, 1.54) is 23.8 Å². The fraction of sp³-hybridized carbons (Fsp3) is 0.500. The van der Waals surface area contributed by atoms with Gasteiger partial charge in [-0.25, -0.2) is 0 Å². The number of carbonyl (C=O) groups is 1. The summed E-state index contributed by atoms with van der Waals surface area (Å²) in [7, 11) is 0. The number of fused-ring (bicyclic) bond motifs is 1. The first kappa shape index (κ1) is 15.1. The molecule has 1 aliphatic rings. The van der Waals surface area contributed by atoms with Crippen LogP contribution in [0.2, 0.25) is 0 Å². The standard InChI is InChI=1S/C18H25N3O/c1-14-5-4-10-21(12-14)13-18(22)19-9-8-15-11-20-17-7-3-2-6-16(15)17/h2-3,6-7,11,14,20H,4-5,8-10,12-13H2,1H3,(H,19,22)/t14-/m1/s1. The van der Waals surface area contributed by atoms with Crippen LogP contribution in [0.25, 0.3) is 10.9 Å². The quantitative estimate of drug-likeness (QED) is 0.891. The third kappa shape index (κ3) is 3.69. The lowest BCUT2D eigenvalue weighted by atomic mass is 10.0. The first-order valence-electron chi connectivity index (χ1n) is 8.26. The fourth-order valence-electron chi connectivity index (χ4n) is 3.36. The lowest BCUT2D eigenvalue weighted by Crippen LogP contribution is -2.42. The number of likely N-dealkylation sites (tertiary alicyclic amines) is 1. The first-order chi connectivity index (χ1) is 10.7. The fourth-order valence-corrected chi connectivity index (χ4v) is 3.36. The van der Waals surface area contributed by atoms with Crippen LogP contribution in [0.4, 0.5) is 0 Å². The van der Waals surface area contributed by atoms with Crippen LogP contribution in [0.5, 0.6) is 0 Å². The van der Waals surface area contributed by atoms with Crippen molar-refractivity contribution in [2.75, 3.05) is 26.2 Å². The highest BCUT2D eigenvalue weighted by Gasteiger charge is 2.18. The van der Waals surface area contributed by atoms with Crippen LogP contribution in [0.15, 0.2) is 30.5 Å². The average Bonchev–Trinajstić information content (AvgIpc) is 2.91. The Morgan fingerprint density at radius 1 is 1.41 bits per heavy atom. The van der Waals surface area contributed by atoms with E-state index in [-0.39, 0.29) is 5.91 Å². The number of nitrogens with one attached hydrogen (secondary N) is 2. The Labute approximate surface area is 131 Å². The van der Waals surface area contributed by atoms with Crippen molar-refractivity contribution < 1.29 is 4.79 Å². The number of amides is 1. The smallest absolute Gasteiger partial charge is 0.234 e. The lowest BCUT2D eigenvalue weighted by molar-refractivity contribution is -0.122. The van der Waals surface area contributed by atoms with Gasteiger partial charge >= 0.3 is 0 Å². The van der Waals surface area contributed by atoms with Gasteiger partial charge in [0.05, 0.1) is 6.54 Å². The van der Waals surface area contributed by atoms with Crippen LogP contribution >= 0.6 is 0 Å². The van der Waals surface area contributed by atoms with Gasteiger partial charge in [0.2, 0.25) is 5.91 Å². The summed E-state index contributed by atoms with van der Waals surface area (Å²) in [5.41, 5.74) is 2.42. The molecule has 0 spiro atoms. The number of aromatic amines is 1. The number of benzene rings is 1. The molecule has 1 amide bonds. The molecule has 1 atom stereocenters. The molecule has 2 aromatic rings. The van der Waals surface area contributed by atoms with E-state index in [1.54, 1.807) is 0 Å². The Morgan fingerprint density at radius 3 is 3.14 bits per heavy atom. The minimum atomic E-state index is 0.147. The summed E-state index contributed by atoms with van der Waals surface area (Å²) in [6.07, 6.45) is 5.41. The number of para-hydroxylation sites is 1. The van der Waals surface area contributed by atoms with Gasteiger partial charge in [-0.2, -0.15) is 0 Å². The summed E-state index contributed by atoms with van der Waals surface area (Å²) >= 11 is 0. The van der Waals surface area contributed by atoms with E-state index in [0.717, 1.165) is 25.0 Å². The zero-order valence-corrected chi connectivity index (χ0v) is 13.3. The second-order valence-corrected chi connectivity index (χ2v) is 6.44. The van der Waals surface area contributed by atoms with Gasteiger partial charge < -0.3 is 10.3 Å². The van der Waals surface area contributed by atoms with Gasteiger partial charge in [0.1, 0.15) is 0 Å². The lowest BCUT2D eigenvalue weighted by Gasteiger charge is -2.30. The van der Waals surface area contributed by atoms with Crippen molar-refractivity contribution in [2.24, 2.45) is 5.92 Å². The molecule has 0 radical (unpaired) electrons. The normalized spacial score (nSPS) is 19.4. The number of nitrogens with zero attached hydrogens (tertiary/aromatic N) is 1. The molecule has 22 heavy (non-hydrogen) atoms. The minimum absolute atomic E-state index is 0.147. The highest BCUT2D eigenvalue weighted by molar-refractivity contribution is 5.83. The van der Waals surface area contributed by atoms with E-state index in [0.29, 0.717) is 19.0 Å². The predicted octanol–water partition coefficient (Wildman–Crippen LogP) is 2.56. The van der Waals surface area contributed by atoms with Gasteiger partial charge in [-0.05, 0) is 43.4 Å². The van der Waals surface area contributed by atoms with Crippen LogP contribution in [-0.2, 0) is 11.2 Å². The van der Waals surface area contributed by atoms with Crippen LogP contribution in [0.1, 0.15) is 25.3 Å². The molecule has 0 bridgehead atoms. The Kier molecular flexibility index (Phi) is 4.78. The molecular weight excluding hydrogens is 274 g/mol. The number of rotatable bonds is 5. The molecular formula is C18H25N3O. The van der Waals surface area contributed by atoms with Gasteiger partial charge in [0.25, 0.3) is 0 Å². The molecule has 1 saturated heterocycles. The highest BCUT2D eigenvalue weighted by atomic mass is 16.2. The molecule has 2 N–H and O–H groups in total. The Morgan fingerprint density at radius 2 is 2.27 bits per heavy atom. The van der Waals surface area contributed by atoms with E-state index in [1.807, 2.05) is 12.3 Å². The maximum absolute atomic E-state index is 12.0. The average molecular weight is 299 g/mol. The van der Waals surface area contributed by atoms with E-state index >= 15 is 0 Å². The van der Waals surface area contributed by atoms with Crippen LogP contribution < -0.4 is 5.32 Å². The van der Waals surface area contributed by atoms with Crippen molar-refractivity contribution in [3.63, 3.8) is 0 Å². The first-order valence-corrected chi connectivity index (χ1v) is 8.26. The van der Waals surface area contributed by atoms with Crippen LogP contribution in [0, 0.1) is 5.92 Å². The van der Waals surface area contributed by atoms with E-state index in [9.17, 15) is 4.79 Å². The maximum atomic E-state index is 12.0. The summed E-state index contributed by atoms with van der Waals surface area (Å²) in [6, 6.07) is 8.28. The molecule has 4 heteroatoms. The van der Waals surface area contributed by atoms with Gasteiger partial charge in [-0.15, -0.1) is 0 Å². The summed E-state index contributed by atoms with van der Waals surface area (Å²) in [6.45, 7) is 5.61. The SMILES string of the molecule is C[C@@H]1CCCN(CC(=O)NCCc2c[nH]c3ccccc23)C1. The van der Waals surface area contributed by atoms with Crippen LogP contribution in [0.3, 0.4) is 0 Å². The van der Waals surface area contributed by atoms with E-state index < -0.39 is 0 Å². The Bertz CT molecular complexity index is 634. The zero-order valence-electron chi connectivity index (χ0n) is 13.3. The summed E-state index contributed by atoms with van der Waals surface area (Å²) < 4.78 is 0. The third-order valence-corrected chi connectivity index (χ3v) is 4.50. The van der Waals surface area contributed by atoms with Gasteiger partial charge in [0.15, 0.2) is 0 Å². The van der Waals surface area contributed by atoms with E-state index in [4.69, 9.17) is 0 Å². The number of H-pyrrole nitrogens is 1. The van der Waals surface area contributed by atoms with Crippen LogP contribution in [-0.4, -0.2) is 42.0 Å². The van der Waals surface area contributed by atoms with Gasteiger partial charge in [-0.1, -0.05) is 25.1 Å². The number of hydrogen-bond donors (Lipinski definition) is 2. The number of carbonyl (C=O) groups excluding carboxylic acids is 1. The van der Waals surface area contributed by atoms with Crippen molar-refractivity contribution in [1.82, 2.24) is 15.2 Å². The number of aromatic nitrogens is 1. The molecule has 2 heterocycles. The zero-order chi connectivity index (χ0) is 15.4. The maximum Gasteiger partial charge on any atom is 0.234 e. The van der Waals surface area contributed by atoms with Gasteiger partial charge in [0, 0.05) is 30.2 Å². The van der Waals surface area contributed by atoms with Crippen molar-refractivity contribution in [3.8, 4) is 0 Å². The minimum Gasteiger partial charge on any atom is -0.361 e. The molecule has 1 aromatic carbocycles.